The first-order valence-electron chi connectivity index (χ1n) is 8.10. The maximum Gasteiger partial charge on any atom is 0.162 e. The topological polar surface area (TPSA) is 142 Å². The van der Waals surface area contributed by atoms with E-state index >= 15 is 0 Å². The number of phenols is 1. The van der Waals surface area contributed by atoms with Gasteiger partial charge >= 0.3 is 0 Å². The van der Waals surface area contributed by atoms with Gasteiger partial charge in [0.25, 0.3) is 0 Å². The lowest BCUT2D eigenvalue weighted by Gasteiger charge is -2.12. The van der Waals surface area contributed by atoms with Crippen LogP contribution in [0.3, 0.4) is 0 Å². The molecule has 0 radical (unpaired) electrons. The zero-order chi connectivity index (χ0) is 18.8. The van der Waals surface area contributed by atoms with E-state index in [1.165, 1.54) is 0 Å². The van der Waals surface area contributed by atoms with Crippen LogP contribution in [0.1, 0.15) is 5.69 Å². The van der Waals surface area contributed by atoms with Crippen LogP contribution in [-0.4, -0.2) is 25.3 Å². The number of aromatic amines is 1. The molecule has 0 atom stereocenters. The van der Waals surface area contributed by atoms with Gasteiger partial charge in [0.05, 0.1) is 16.8 Å². The first-order chi connectivity index (χ1) is 13.2. The lowest BCUT2D eigenvalue weighted by molar-refractivity contribution is 0.475. The summed E-state index contributed by atoms with van der Waals surface area (Å²) in [6.45, 7) is -0.142. The standard InChI is InChI=1S/C18H15N7O2/c19-17-12(2-1-7-20-17)15-14(9-22-27)24-25-18-16(15)13(8-21-18)23-10-3-5-11(26)6-4-10/h1-8,23,26H,9H2,(H2,19,20)(H,21,25). The molecular formula is C18H15N7O2. The first kappa shape index (κ1) is 16.5. The molecule has 0 unspecified atom stereocenters. The summed E-state index contributed by atoms with van der Waals surface area (Å²) in [6.07, 6.45) is 3.34. The smallest absolute Gasteiger partial charge is 0.162 e. The van der Waals surface area contributed by atoms with Crippen molar-refractivity contribution < 1.29 is 5.11 Å². The van der Waals surface area contributed by atoms with Crippen LogP contribution in [0.5, 0.6) is 5.75 Å². The first-order valence-corrected chi connectivity index (χ1v) is 8.10. The largest absolute Gasteiger partial charge is 0.508 e. The maximum absolute atomic E-state index is 10.9. The highest BCUT2D eigenvalue weighted by Crippen LogP contribution is 2.38. The number of nitrogens with one attached hydrogen (secondary N) is 2. The van der Waals surface area contributed by atoms with Crippen molar-refractivity contribution in [2.24, 2.45) is 5.18 Å². The number of anilines is 3. The molecule has 1 aromatic carbocycles. The molecule has 0 aliphatic carbocycles. The second kappa shape index (κ2) is 6.71. The highest BCUT2D eigenvalue weighted by molar-refractivity contribution is 6.05. The van der Waals surface area contributed by atoms with Gasteiger partial charge in [-0.2, -0.15) is 10.0 Å². The number of nitrogens with two attached hydrogens (primary N) is 1. The predicted octanol–water partition coefficient (Wildman–Crippen LogP) is 3.32. The summed E-state index contributed by atoms with van der Waals surface area (Å²) < 4.78 is 0. The average molecular weight is 361 g/mol. The third kappa shape index (κ3) is 3.01. The monoisotopic (exact) mass is 361 g/mol. The Morgan fingerprint density at radius 3 is 2.74 bits per heavy atom. The summed E-state index contributed by atoms with van der Waals surface area (Å²) in [5, 5.41) is 24.7. The molecule has 0 saturated heterocycles. The molecule has 9 heteroatoms. The van der Waals surface area contributed by atoms with Crippen molar-refractivity contribution in [1.82, 2.24) is 20.2 Å². The number of aromatic hydroxyl groups is 1. The molecule has 0 aliphatic rings. The number of hydrogen-bond donors (Lipinski definition) is 4. The van der Waals surface area contributed by atoms with E-state index in [0.717, 1.165) is 16.8 Å². The molecule has 3 heterocycles. The van der Waals surface area contributed by atoms with E-state index in [2.05, 4.69) is 30.7 Å². The Morgan fingerprint density at radius 2 is 2.00 bits per heavy atom. The number of pyridine rings is 1. The van der Waals surface area contributed by atoms with Crippen molar-refractivity contribution in [2.75, 3.05) is 11.1 Å². The molecule has 0 amide bonds. The van der Waals surface area contributed by atoms with Crippen molar-refractivity contribution in [3.63, 3.8) is 0 Å². The molecule has 134 valence electrons. The highest BCUT2D eigenvalue weighted by Gasteiger charge is 2.19. The van der Waals surface area contributed by atoms with Crippen LogP contribution in [-0.2, 0) is 6.54 Å². The van der Waals surface area contributed by atoms with E-state index in [0.29, 0.717) is 28.3 Å². The van der Waals surface area contributed by atoms with Crippen molar-refractivity contribution in [3.05, 3.63) is 59.4 Å². The van der Waals surface area contributed by atoms with E-state index in [1.807, 2.05) is 6.07 Å². The van der Waals surface area contributed by atoms with Crippen LogP contribution in [0.25, 0.3) is 22.2 Å². The summed E-state index contributed by atoms with van der Waals surface area (Å²) >= 11 is 0. The highest BCUT2D eigenvalue weighted by atomic mass is 16.3. The van der Waals surface area contributed by atoms with Crippen molar-refractivity contribution >= 4 is 28.2 Å². The minimum atomic E-state index is -0.142. The number of rotatable bonds is 5. The molecule has 0 fully saturated rings. The number of phenolic OH excluding ortho intramolecular Hbond substituents is 1. The minimum Gasteiger partial charge on any atom is -0.508 e. The molecule has 5 N–H and O–H groups in total. The Hall–Kier alpha value is -4.01. The van der Waals surface area contributed by atoms with Crippen LogP contribution in [0.4, 0.5) is 17.2 Å². The van der Waals surface area contributed by atoms with E-state index in [4.69, 9.17) is 5.73 Å². The van der Waals surface area contributed by atoms with Crippen LogP contribution in [0, 0.1) is 4.91 Å². The second-order valence-electron chi connectivity index (χ2n) is 5.84. The summed E-state index contributed by atoms with van der Waals surface area (Å²) in [4.78, 5) is 18.1. The van der Waals surface area contributed by atoms with Gasteiger partial charge in [0.2, 0.25) is 0 Å². The predicted molar refractivity (Wildman–Crippen MR) is 102 cm³/mol. The van der Waals surface area contributed by atoms with E-state index in [1.54, 1.807) is 42.7 Å². The van der Waals surface area contributed by atoms with Crippen LogP contribution >= 0.6 is 0 Å². The third-order valence-corrected chi connectivity index (χ3v) is 4.14. The summed E-state index contributed by atoms with van der Waals surface area (Å²) in [5.74, 6) is 0.490. The van der Waals surface area contributed by atoms with Gasteiger partial charge in [-0.3, -0.25) is 0 Å². The van der Waals surface area contributed by atoms with Crippen molar-refractivity contribution in [3.8, 4) is 16.9 Å². The fourth-order valence-corrected chi connectivity index (χ4v) is 2.94. The Labute approximate surface area is 153 Å². The number of fused-ring (bicyclic) bond motifs is 1. The van der Waals surface area contributed by atoms with Crippen LogP contribution in [0.2, 0.25) is 0 Å². The molecule has 0 spiro atoms. The van der Waals surface area contributed by atoms with Gasteiger partial charge in [0.15, 0.2) is 5.65 Å². The van der Waals surface area contributed by atoms with Gasteiger partial charge in [-0.25, -0.2) is 4.98 Å². The fraction of sp³-hybridized carbons (Fsp3) is 0.0556. The van der Waals surface area contributed by atoms with Crippen LogP contribution in [0.15, 0.2) is 54.0 Å². The molecule has 9 nitrogen and oxygen atoms in total. The zero-order valence-corrected chi connectivity index (χ0v) is 14.0. The molecular weight excluding hydrogens is 346 g/mol. The quantitative estimate of drug-likeness (QED) is 0.315. The maximum atomic E-state index is 10.9. The molecule has 4 rings (SSSR count). The Kier molecular flexibility index (Phi) is 4.09. The summed E-state index contributed by atoms with van der Waals surface area (Å²) in [5.41, 5.74) is 9.79. The lowest BCUT2D eigenvalue weighted by Crippen LogP contribution is -2.01. The minimum absolute atomic E-state index is 0.142. The third-order valence-electron chi connectivity index (χ3n) is 4.14. The molecule has 0 aliphatic heterocycles. The molecule has 27 heavy (non-hydrogen) atoms. The SMILES string of the molecule is Nc1ncccc1-c1c(CN=O)nnc2[nH]cc(Nc3ccc(O)cc3)c12. The van der Waals surface area contributed by atoms with Gasteiger partial charge in [0, 0.05) is 29.2 Å². The Bertz CT molecular complexity index is 1120. The van der Waals surface area contributed by atoms with E-state index < -0.39 is 0 Å². The number of H-pyrrole nitrogens is 1. The number of nitrogen functional groups attached to an aromatic ring is 1. The molecule has 4 aromatic rings. The number of aromatic nitrogens is 4. The second-order valence-corrected chi connectivity index (χ2v) is 5.84. The Balaban J connectivity index is 1.94. The Morgan fingerprint density at radius 1 is 1.19 bits per heavy atom. The van der Waals surface area contributed by atoms with Gasteiger partial charge in [-0.1, -0.05) is 5.18 Å². The molecule has 3 aromatic heterocycles. The molecule has 0 saturated carbocycles. The summed E-state index contributed by atoms with van der Waals surface area (Å²) in [7, 11) is 0. The normalized spacial score (nSPS) is 10.8. The number of benzene rings is 1. The van der Waals surface area contributed by atoms with Gasteiger partial charge < -0.3 is 21.1 Å². The molecule has 0 bridgehead atoms. The summed E-state index contributed by atoms with van der Waals surface area (Å²) in [6, 6.07) is 10.2. The van der Waals surface area contributed by atoms with Crippen LogP contribution < -0.4 is 11.1 Å². The lowest BCUT2D eigenvalue weighted by atomic mass is 10.0. The average Bonchev–Trinajstić information content (AvgIpc) is 3.07. The van der Waals surface area contributed by atoms with E-state index in [-0.39, 0.29) is 12.3 Å². The zero-order valence-electron chi connectivity index (χ0n) is 14.0. The van der Waals surface area contributed by atoms with Crippen molar-refractivity contribution in [2.45, 2.75) is 6.54 Å². The number of hydrogen-bond acceptors (Lipinski definition) is 8. The van der Waals surface area contributed by atoms with Crippen molar-refractivity contribution in [1.29, 1.82) is 0 Å². The van der Waals surface area contributed by atoms with Gasteiger partial charge in [-0.05, 0) is 36.4 Å². The van der Waals surface area contributed by atoms with E-state index in [9.17, 15) is 10.0 Å². The fourth-order valence-electron chi connectivity index (χ4n) is 2.94. The van der Waals surface area contributed by atoms with Gasteiger partial charge in [-0.15, -0.1) is 5.10 Å². The number of nitrogens with zero attached hydrogens (tertiary/aromatic N) is 4. The number of nitroso groups, excluding NO2 is 1. The van der Waals surface area contributed by atoms with Gasteiger partial charge in [0.1, 0.15) is 18.1 Å².